The number of rotatable bonds is 5. The minimum absolute atomic E-state index is 0.0246. The summed E-state index contributed by atoms with van der Waals surface area (Å²) in [7, 11) is 0. The van der Waals surface area contributed by atoms with Crippen molar-refractivity contribution in [2.45, 2.75) is 12.8 Å². The maximum atomic E-state index is 11.5. The molecular weight excluding hydrogens is 244 g/mol. The molecule has 0 aliphatic rings. The van der Waals surface area contributed by atoms with Gasteiger partial charge >= 0.3 is 11.9 Å². The third-order valence-electron chi connectivity index (χ3n) is 2.06. The average molecular weight is 254 g/mol. The average Bonchev–Trinajstić information content (AvgIpc) is 2.29. The van der Waals surface area contributed by atoms with Gasteiger partial charge in [-0.15, -0.1) is 0 Å². The van der Waals surface area contributed by atoms with E-state index in [0.29, 0.717) is 0 Å². The molecule has 0 amide bonds. The number of carbonyl (C=O) groups excluding carboxylic acids is 1. The summed E-state index contributed by atoms with van der Waals surface area (Å²) in [6.07, 6.45) is 1.18. The first-order valence-electron chi connectivity index (χ1n) is 4.97. The molecule has 0 aliphatic carbocycles. The summed E-state index contributed by atoms with van der Waals surface area (Å²) in [5.41, 5.74) is -0.966. The number of hydrogen-bond donors (Lipinski definition) is 1. The van der Waals surface area contributed by atoms with Crippen LogP contribution in [0, 0.1) is 10.1 Å². The van der Waals surface area contributed by atoms with Gasteiger partial charge in [-0.05, 0) is 13.0 Å². The van der Waals surface area contributed by atoms with Crippen LogP contribution in [0.2, 0.25) is 0 Å². The van der Waals surface area contributed by atoms with Crippen LogP contribution in [0.5, 0.6) is 0 Å². The van der Waals surface area contributed by atoms with Crippen molar-refractivity contribution in [1.82, 2.24) is 4.98 Å². The molecule has 18 heavy (non-hydrogen) atoms. The van der Waals surface area contributed by atoms with Crippen molar-refractivity contribution >= 4 is 17.6 Å². The number of ether oxygens (including phenoxy) is 1. The Kier molecular flexibility index (Phi) is 4.30. The van der Waals surface area contributed by atoms with Gasteiger partial charge in [0.2, 0.25) is 5.92 Å². The van der Waals surface area contributed by atoms with Gasteiger partial charge in [0.25, 0.3) is 5.69 Å². The number of carboxylic acids is 1. The molecule has 0 fully saturated rings. The minimum Gasteiger partial charge on any atom is -0.480 e. The number of aliphatic carboxylic acids is 1. The van der Waals surface area contributed by atoms with Crippen LogP contribution in [0.1, 0.15) is 18.5 Å². The van der Waals surface area contributed by atoms with E-state index in [0.717, 1.165) is 6.07 Å². The van der Waals surface area contributed by atoms with Gasteiger partial charge in [0.15, 0.2) is 0 Å². The van der Waals surface area contributed by atoms with Gasteiger partial charge in [0, 0.05) is 12.3 Å². The molecule has 1 heterocycles. The highest BCUT2D eigenvalue weighted by atomic mass is 16.6. The Balaban J connectivity index is 3.26. The normalized spacial score (nSPS) is 11.6. The lowest BCUT2D eigenvalue weighted by Gasteiger charge is -2.10. The van der Waals surface area contributed by atoms with E-state index >= 15 is 0 Å². The molecule has 1 atom stereocenters. The van der Waals surface area contributed by atoms with Gasteiger partial charge in [-0.2, -0.15) is 0 Å². The third-order valence-corrected chi connectivity index (χ3v) is 2.06. The Bertz CT molecular complexity index is 487. The zero-order valence-corrected chi connectivity index (χ0v) is 9.40. The molecule has 0 radical (unpaired) electrons. The quantitative estimate of drug-likeness (QED) is 0.355. The molecule has 0 aromatic carbocycles. The highest BCUT2D eigenvalue weighted by molar-refractivity contribution is 6.00. The van der Waals surface area contributed by atoms with Crippen molar-refractivity contribution in [1.29, 1.82) is 0 Å². The van der Waals surface area contributed by atoms with Gasteiger partial charge in [0.05, 0.1) is 11.5 Å². The number of hydrogen-bond acceptors (Lipinski definition) is 6. The van der Waals surface area contributed by atoms with Crippen molar-refractivity contribution in [2.24, 2.45) is 0 Å². The molecule has 0 spiro atoms. The van der Waals surface area contributed by atoms with Crippen LogP contribution in [0.15, 0.2) is 18.3 Å². The van der Waals surface area contributed by atoms with Crippen LogP contribution in [-0.2, 0) is 14.3 Å². The molecule has 8 nitrogen and oxygen atoms in total. The van der Waals surface area contributed by atoms with E-state index in [1.165, 1.54) is 19.2 Å². The number of carboxylic acid groups (broad SMARTS) is 1. The fourth-order valence-electron chi connectivity index (χ4n) is 1.34. The molecule has 1 rings (SSSR count). The van der Waals surface area contributed by atoms with Gasteiger partial charge in [-0.3, -0.25) is 24.7 Å². The maximum Gasteiger partial charge on any atom is 0.326 e. The summed E-state index contributed by atoms with van der Waals surface area (Å²) >= 11 is 0. The van der Waals surface area contributed by atoms with Gasteiger partial charge in [-0.1, -0.05) is 0 Å². The molecule has 1 N–H and O–H groups in total. The van der Waals surface area contributed by atoms with Crippen LogP contribution < -0.4 is 0 Å². The lowest BCUT2D eigenvalue weighted by atomic mass is 10.0. The van der Waals surface area contributed by atoms with E-state index in [1.54, 1.807) is 0 Å². The van der Waals surface area contributed by atoms with E-state index in [4.69, 9.17) is 5.11 Å². The lowest BCUT2D eigenvalue weighted by Crippen LogP contribution is -2.25. The van der Waals surface area contributed by atoms with Crippen LogP contribution in [0.25, 0.3) is 0 Å². The predicted molar refractivity (Wildman–Crippen MR) is 57.9 cm³/mol. The number of nitrogens with zero attached hydrogens (tertiary/aromatic N) is 2. The van der Waals surface area contributed by atoms with E-state index < -0.39 is 34.2 Å². The summed E-state index contributed by atoms with van der Waals surface area (Å²) in [4.78, 5) is 36.1. The summed E-state index contributed by atoms with van der Waals surface area (Å²) in [5, 5.41) is 19.7. The number of pyridine rings is 1. The van der Waals surface area contributed by atoms with Gasteiger partial charge < -0.3 is 9.84 Å². The molecule has 96 valence electrons. The number of esters is 1. The highest BCUT2D eigenvalue weighted by Gasteiger charge is 2.36. The van der Waals surface area contributed by atoms with Crippen LogP contribution in [0.4, 0.5) is 5.69 Å². The Morgan fingerprint density at radius 3 is 2.78 bits per heavy atom. The molecular formula is C10H10N2O6. The monoisotopic (exact) mass is 254 g/mol. The topological polar surface area (TPSA) is 120 Å². The molecule has 1 unspecified atom stereocenters. The van der Waals surface area contributed by atoms with E-state index in [-0.39, 0.29) is 6.61 Å². The summed E-state index contributed by atoms with van der Waals surface area (Å²) in [6.45, 7) is 1.48. The standard InChI is InChI=1S/C10H10N2O6/c1-2-18-10(15)7(9(13)14)8-6(12(16)17)4-3-5-11-8/h3-5,7H,2H2,1H3,(H,13,14). The summed E-state index contributed by atoms with van der Waals surface area (Å²) in [5.74, 6) is -4.42. The molecule has 1 aromatic rings. The van der Waals surface area contributed by atoms with Crippen LogP contribution >= 0.6 is 0 Å². The highest BCUT2D eigenvalue weighted by Crippen LogP contribution is 2.25. The van der Waals surface area contributed by atoms with Crippen molar-refractivity contribution in [3.8, 4) is 0 Å². The Morgan fingerprint density at radius 2 is 2.28 bits per heavy atom. The number of aromatic nitrogens is 1. The van der Waals surface area contributed by atoms with Crippen molar-refractivity contribution in [2.75, 3.05) is 6.61 Å². The van der Waals surface area contributed by atoms with E-state index in [1.807, 2.05) is 0 Å². The molecule has 0 saturated carbocycles. The first-order chi connectivity index (χ1) is 8.49. The summed E-state index contributed by atoms with van der Waals surface area (Å²) in [6, 6.07) is 2.36. The van der Waals surface area contributed by atoms with E-state index in [9.17, 15) is 19.7 Å². The largest absolute Gasteiger partial charge is 0.480 e. The Morgan fingerprint density at radius 1 is 1.61 bits per heavy atom. The maximum absolute atomic E-state index is 11.5. The molecule has 8 heteroatoms. The molecule has 0 bridgehead atoms. The fourth-order valence-corrected chi connectivity index (χ4v) is 1.34. The second-order valence-corrected chi connectivity index (χ2v) is 3.19. The number of nitro groups is 1. The number of carbonyl (C=O) groups is 2. The SMILES string of the molecule is CCOC(=O)C(C(=O)O)c1ncccc1[N+](=O)[O-]. The van der Waals surface area contributed by atoms with Gasteiger partial charge in [-0.25, -0.2) is 0 Å². The summed E-state index contributed by atoms with van der Waals surface area (Å²) < 4.78 is 4.57. The third kappa shape index (κ3) is 2.78. The lowest BCUT2D eigenvalue weighted by molar-refractivity contribution is -0.386. The smallest absolute Gasteiger partial charge is 0.326 e. The van der Waals surface area contributed by atoms with Crippen molar-refractivity contribution < 1.29 is 24.4 Å². The zero-order chi connectivity index (χ0) is 13.7. The fraction of sp³-hybridized carbons (Fsp3) is 0.300. The predicted octanol–water partition coefficient (Wildman–Crippen LogP) is 0.721. The van der Waals surface area contributed by atoms with Crippen molar-refractivity contribution in [3.63, 3.8) is 0 Å². The Labute approximate surface area is 101 Å². The molecule has 1 aromatic heterocycles. The van der Waals surface area contributed by atoms with E-state index in [2.05, 4.69) is 9.72 Å². The zero-order valence-electron chi connectivity index (χ0n) is 9.40. The first kappa shape index (κ1) is 13.6. The molecule has 0 aliphatic heterocycles. The van der Waals surface area contributed by atoms with Crippen LogP contribution in [0.3, 0.4) is 0 Å². The van der Waals surface area contributed by atoms with Gasteiger partial charge in [0.1, 0.15) is 5.69 Å². The second-order valence-electron chi connectivity index (χ2n) is 3.19. The Hall–Kier alpha value is -2.51. The second kappa shape index (κ2) is 5.71. The minimum atomic E-state index is -1.80. The first-order valence-corrected chi connectivity index (χ1v) is 4.97. The van der Waals surface area contributed by atoms with Crippen molar-refractivity contribution in [3.05, 3.63) is 34.1 Å². The molecule has 0 saturated heterocycles. The van der Waals surface area contributed by atoms with Crippen LogP contribution in [-0.4, -0.2) is 33.6 Å².